The van der Waals surface area contributed by atoms with E-state index >= 15 is 0 Å². The number of likely N-dealkylation sites (tertiary alicyclic amines) is 1. The van der Waals surface area contributed by atoms with Crippen LogP contribution in [0.15, 0.2) is 23.0 Å². The molecule has 7 heteroatoms. The maximum atomic E-state index is 13.4. The van der Waals surface area contributed by atoms with Crippen molar-refractivity contribution >= 4 is 11.8 Å². The van der Waals surface area contributed by atoms with Crippen molar-refractivity contribution in [3.8, 4) is 0 Å². The third-order valence-corrected chi connectivity index (χ3v) is 7.70. The molecule has 2 bridgehead atoms. The lowest BCUT2D eigenvalue weighted by Gasteiger charge is -2.46. The van der Waals surface area contributed by atoms with Gasteiger partial charge in [0.2, 0.25) is 11.8 Å². The van der Waals surface area contributed by atoms with Crippen molar-refractivity contribution in [2.24, 2.45) is 17.8 Å². The summed E-state index contributed by atoms with van der Waals surface area (Å²) in [6, 6.07) is 4.74. The van der Waals surface area contributed by atoms with Gasteiger partial charge in [0.25, 0.3) is 5.56 Å². The first-order valence-electron chi connectivity index (χ1n) is 10.9. The molecule has 2 saturated carbocycles. The molecule has 2 amide bonds. The number of hydrogen-bond acceptors (Lipinski definition) is 4. The largest absolute Gasteiger partial charge is 0.393 e. The van der Waals surface area contributed by atoms with Gasteiger partial charge in [-0.1, -0.05) is 6.07 Å². The highest BCUT2D eigenvalue weighted by atomic mass is 16.3. The zero-order chi connectivity index (χ0) is 20.3. The number of aliphatic hydroxyl groups is 1. The van der Waals surface area contributed by atoms with E-state index in [0.717, 1.165) is 37.8 Å². The molecule has 1 saturated heterocycles. The van der Waals surface area contributed by atoms with Gasteiger partial charge in [0, 0.05) is 49.7 Å². The molecule has 3 heterocycles. The second kappa shape index (κ2) is 6.97. The molecule has 7 nitrogen and oxygen atoms in total. The van der Waals surface area contributed by atoms with Crippen LogP contribution >= 0.6 is 0 Å². The Labute approximate surface area is 170 Å². The molecule has 0 spiro atoms. The molecule has 29 heavy (non-hydrogen) atoms. The standard InChI is InChI=1S/C22H29N3O4/c1-12(26)24-10-15-5-16(11-24)21(25-19(15)3-2-4-20(25)28)22(29)23-17-6-13-8-18(27)9-14(13)7-17/h2-4,13-18,21,27H,5-11H2,1H3,(H,23,29)/t13-,14+,15-,16+,17?,18?,21-/m1/s1. The number of nitrogens with zero attached hydrogens (tertiary/aromatic N) is 2. The van der Waals surface area contributed by atoms with Crippen molar-refractivity contribution < 1.29 is 14.7 Å². The molecule has 0 radical (unpaired) electrons. The Hall–Kier alpha value is -2.15. The molecule has 2 aliphatic heterocycles. The van der Waals surface area contributed by atoms with Crippen LogP contribution in [0.25, 0.3) is 0 Å². The van der Waals surface area contributed by atoms with Gasteiger partial charge in [-0.15, -0.1) is 0 Å². The summed E-state index contributed by atoms with van der Waals surface area (Å²) in [6.07, 6.45) is 4.12. The highest BCUT2D eigenvalue weighted by Crippen LogP contribution is 2.45. The smallest absolute Gasteiger partial charge is 0.251 e. The molecule has 7 atom stereocenters. The van der Waals surface area contributed by atoms with Crippen molar-refractivity contribution in [3.63, 3.8) is 0 Å². The van der Waals surface area contributed by atoms with Gasteiger partial charge in [-0.3, -0.25) is 19.0 Å². The summed E-state index contributed by atoms with van der Waals surface area (Å²) >= 11 is 0. The number of aromatic nitrogens is 1. The SMILES string of the molecule is CC(=O)N1C[C@H]2C[C@@H](C1)[C@H](C(=O)NC1C[C@H]3CC(O)C[C@H]3C1)n1c2cccc1=O. The van der Waals surface area contributed by atoms with Crippen LogP contribution in [0.4, 0.5) is 0 Å². The van der Waals surface area contributed by atoms with Crippen molar-refractivity contribution in [3.05, 3.63) is 34.2 Å². The Kier molecular flexibility index (Phi) is 4.53. The second-order valence-electron chi connectivity index (χ2n) is 9.54. The molecule has 1 aromatic heterocycles. The van der Waals surface area contributed by atoms with Gasteiger partial charge in [0.15, 0.2) is 0 Å². The Bertz CT molecular complexity index is 882. The van der Waals surface area contributed by atoms with E-state index in [4.69, 9.17) is 0 Å². The minimum absolute atomic E-state index is 0.0211. The first kappa shape index (κ1) is 18.9. The third kappa shape index (κ3) is 3.19. The van der Waals surface area contributed by atoms with Gasteiger partial charge >= 0.3 is 0 Å². The molecular formula is C22H29N3O4. The van der Waals surface area contributed by atoms with Gasteiger partial charge in [-0.05, 0) is 50.0 Å². The predicted octanol–water partition coefficient (Wildman–Crippen LogP) is 1.02. The Morgan fingerprint density at radius 3 is 2.45 bits per heavy atom. The maximum absolute atomic E-state index is 13.4. The van der Waals surface area contributed by atoms with Gasteiger partial charge in [-0.25, -0.2) is 0 Å². The Morgan fingerprint density at radius 1 is 1.03 bits per heavy atom. The van der Waals surface area contributed by atoms with Crippen LogP contribution in [0.1, 0.15) is 56.7 Å². The number of nitrogens with one attached hydrogen (secondary N) is 1. The fourth-order valence-electron chi connectivity index (χ4n) is 6.52. The molecule has 1 aromatic rings. The van der Waals surface area contributed by atoms with E-state index in [0.29, 0.717) is 24.9 Å². The molecule has 5 rings (SSSR count). The van der Waals surface area contributed by atoms with Gasteiger partial charge in [-0.2, -0.15) is 0 Å². The predicted molar refractivity (Wildman–Crippen MR) is 106 cm³/mol. The summed E-state index contributed by atoms with van der Waals surface area (Å²) < 4.78 is 1.69. The summed E-state index contributed by atoms with van der Waals surface area (Å²) in [5.74, 6) is 0.954. The van der Waals surface area contributed by atoms with E-state index in [1.807, 2.05) is 11.0 Å². The molecule has 4 aliphatic rings. The van der Waals surface area contributed by atoms with Crippen LogP contribution in [0.2, 0.25) is 0 Å². The van der Waals surface area contributed by atoms with Gasteiger partial charge in [0.05, 0.1) is 6.10 Å². The number of hydrogen-bond donors (Lipinski definition) is 2. The maximum Gasteiger partial charge on any atom is 0.251 e. The Balaban J connectivity index is 1.41. The van der Waals surface area contributed by atoms with Crippen LogP contribution in [-0.2, 0) is 9.59 Å². The van der Waals surface area contributed by atoms with E-state index in [-0.39, 0.29) is 41.4 Å². The number of carbonyl (C=O) groups is 2. The lowest BCUT2D eigenvalue weighted by molar-refractivity contribution is -0.135. The summed E-state index contributed by atoms with van der Waals surface area (Å²) in [5.41, 5.74) is 0.728. The van der Waals surface area contributed by atoms with Gasteiger partial charge < -0.3 is 15.3 Å². The minimum Gasteiger partial charge on any atom is -0.393 e. The molecule has 3 fully saturated rings. The number of piperidine rings is 1. The molecule has 156 valence electrons. The number of amides is 2. The lowest BCUT2D eigenvalue weighted by atomic mass is 9.78. The van der Waals surface area contributed by atoms with Crippen LogP contribution in [0, 0.1) is 17.8 Å². The normalized spacial score (nSPS) is 37.7. The van der Waals surface area contributed by atoms with E-state index < -0.39 is 6.04 Å². The lowest BCUT2D eigenvalue weighted by Crippen LogP contribution is -2.55. The van der Waals surface area contributed by atoms with E-state index in [1.165, 1.54) is 6.07 Å². The summed E-state index contributed by atoms with van der Waals surface area (Å²) in [4.78, 5) is 40.0. The molecular weight excluding hydrogens is 370 g/mol. The quantitative estimate of drug-likeness (QED) is 0.777. The first-order valence-corrected chi connectivity index (χ1v) is 10.9. The molecule has 2 aliphatic carbocycles. The van der Waals surface area contributed by atoms with Crippen LogP contribution < -0.4 is 10.9 Å². The zero-order valence-corrected chi connectivity index (χ0v) is 16.8. The first-order chi connectivity index (χ1) is 13.9. The highest BCUT2D eigenvalue weighted by Gasteiger charge is 2.46. The van der Waals surface area contributed by atoms with Crippen LogP contribution in [0.5, 0.6) is 0 Å². The molecule has 2 N–H and O–H groups in total. The summed E-state index contributed by atoms with van der Waals surface area (Å²) in [6.45, 7) is 2.70. The number of aliphatic hydroxyl groups excluding tert-OH is 1. The van der Waals surface area contributed by atoms with E-state index in [9.17, 15) is 19.5 Å². The summed E-state index contributed by atoms with van der Waals surface area (Å²) in [7, 11) is 0. The third-order valence-electron chi connectivity index (χ3n) is 7.70. The summed E-state index contributed by atoms with van der Waals surface area (Å²) in [5, 5.41) is 13.1. The van der Waals surface area contributed by atoms with Crippen LogP contribution in [0.3, 0.4) is 0 Å². The number of rotatable bonds is 2. The average Bonchev–Trinajstić information content (AvgIpc) is 3.18. The second-order valence-corrected chi connectivity index (χ2v) is 9.54. The topological polar surface area (TPSA) is 91.6 Å². The van der Waals surface area contributed by atoms with E-state index in [1.54, 1.807) is 17.6 Å². The van der Waals surface area contributed by atoms with E-state index in [2.05, 4.69) is 5.32 Å². The van der Waals surface area contributed by atoms with Crippen LogP contribution in [-0.4, -0.2) is 51.6 Å². The van der Waals surface area contributed by atoms with Crippen molar-refractivity contribution in [1.82, 2.24) is 14.8 Å². The van der Waals surface area contributed by atoms with Gasteiger partial charge in [0.1, 0.15) is 6.04 Å². The number of fused-ring (bicyclic) bond motifs is 5. The fourth-order valence-corrected chi connectivity index (χ4v) is 6.52. The van der Waals surface area contributed by atoms with Crippen molar-refractivity contribution in [1.29, 1.82) is 0 Å². The highest BCUT2D eigenvalue weighted by molar-refractivity contribution is 5.82. The van der Waals surface area contributed by atoms with Crippen molar-refractivity contribution in [2.75, 3.05) is 13.1 Å². The monoisotopic (exact) mass is 399 g/mol. The molecule has 2 unspecified atom stereocenters. The fraction of sp³-hybridized carbons (Fsp3) is 0.682. The Morgan fingerprint density at radius 2 is 1.76 bits per heavy atom. The minimum atomic E-state index is -0.567. The number of carbonyl (C=O) groups excluding carboxylic acids is 2. The molecule has 0 aromatic carbocycles. The zero-order valence-electron chi connectivity index (χ0n) is 16.8. The number of pyridine rings is 1. The van der Waals surface area contributed by atoms with Crippen molar-refractivity contribution in [2.45, 2.75) is 63.1 Å². The average molecular weight is 399 g/mol.